The molecule has 2 heterocycles. The third kappa shape index (κ3) is 4.18. The highest BCUT2D eigenvalue weighted by Crippen LogP contribution is 2.26. The molecular weight excluding hydrogens is 324 g/mol. The molecule has 4 nitrogen and oxygen atoms in total. The fourth-order valence-corrected chi connectivity index (χ4v) is 3.98. The van der Waals surface area contributed by atoms with Gasteiger partial charge in [0.25, 0.3) is 0 Å². The number of benzene rings is 1. The highest BCUT2D eigenvalue weighted by atomic mass is 19.1. The molecule has 2 saturated heterocycles. The summed E-state index contributed by atoms with van der Waals surface area (Å²) in [6.07, 6.45) is 1.80. The van der Waals surface area contributed by atoms with E-state index in [4.69, 9.17) is 0 Å². The molecule has 3 atom stereocenters. The summed E-state index contributed by atoms with van der Waals surface area (Å²) in [5.41, 5.74) is 0.508. The van der Waals surface area contributed by atoms with Crippen molar-refractivity contribution >= 4 is 5.91 Å². The van der Waals surface area contributed by atoms with Gasteiger partial charge in [0.05, 0.1) is 0 Å². The van der Waals surface area contributed by atoms with E-state index >= 15 is 0 Å². The minimum atomic E-state index is -0.555. The van der Waals surface area contributed by atoms with Crippen LogP contribution in [0, 0.1) is 17.6 Å². The van der Waals surface area contributed by atoms with Crippen molar-refractivity contribution in [1.82, 2.24) is 15.1 Å². The maximum atomic E-state index is 14.0. The molecule has 1 aromatic carbocycles. The van der Waals surface area contributed by atoms with Crippen molar-refractivity contribution in [2.24, 2.45) is 5.92 Å². The maximum Gasteiger partial charge on any atom is 0.225 e. The third-order valence-electron chi connectivity index (χ3n) is 5.56. The Bertz CT molecular complexity index is 617. The van der Waals surface area contributed by atoms with Crippen molar-refractivity contribution in [3.8, 4) is 0 Å². The number of piperazine rings is 1. The molecule has 1 amide bonds. The second kappa shape index (κ2) is 7.79. The highest BCUT2D eigenvalue weighted by molar-refractivity contribution is 5.79. The lowest BCUT2D eigenvalue weighted by atomic mass is 9.91. The Balaban J connectivity index is 1.57. The fourth-order valence-electron chi connectivity index (χ4n) is 3.98. The second-order valence-corrected chi connectivity index (χ2v) is 7.28. The number of hydrogen-bond donors (Lipinski definition) is 1. The predicted octanol–water partition coefficient (Wildman–Crippen LogP) is 2.56. The summed E-state index contributed by atoms with van der Waals surface area (Å²) >= 11 is 0. The number of nitrogens with one attached hydrogen (secondary N) is 1. The van der Waals surface area contributed by atoms with Gasteiger partial charge in [0.15, 0.2) is 0 Å². The molecule has 0 spiro atoms. The lowest BCUT2D eigenvalue weighted by molar-refractivity contribution is -0.138. The van der Waals surface area contributed by atoms with Crippen LogP contribution >= 0.6 is 0 Å². The van der Waals surface area contributed by atoms with Gasteiger partial charge in [0.1, 0.15) is 11.6 Å². The van der Waals surface area contributed by atoms with Crippen molar-refractivity contribution in [1.29, 1.82) is 0 Å². The first-order valence-electron chi connectivity index (χ1n) is 9.17. The van der Waals surface area contributed by atoms with Gasteiger partial charge in [-0.15, -0.1) is 0 Å². The normalized spacial score (nSPS) is 26.5. The molecule has 0 saturated carbocycles. The number of amides is 1. The number of carbonyl (C=O) groups is 1. The standard InChI is InChI=1S/C19H27F2N3O/c1-13-11-15(5-6-22-13)19(25)24-9-7-23(8-10-24)14(2)17-4-3-16(20)12-18(17)21/h3-4,12-15,22H,5-11H2,1-2H3/t13-,14?,15-/m0/s1. The SMILES string of the molecule is CC(c1ccc(F)cc1F)N1CCN(C(=O)[C@H]2CCN[C@@H](C)C2)CC1. The van der Waals surface area contributed by atoms with Crippen LogP contribution in [0.4, 0.5) is 8.78 Å². The monoisotopic (exact) mass is 351 g/mol. The van der Waals surface area contributed by atoms with E-state index in [-0.39, 0.29) is 17.9 Å². The Morgan fingerprint density at radius 3 is 2.60 bits per heavy atom. The fraction of sp³-hybridized carbons (Fsp3) is 0.632. The molecule has 2 aliphatic rings. The zero-order valence-corrected chi connectivity index (χ0v) is 15.0. The lowest BCUT2D eigenvalue weighted by Crippen LogP contribution is -2.52. The van der Waals surface area contributed by atoms with Crippen molar-refractivity contribution in [2.75, 3.05) is 32.7 Å². The number of halogens is 2. The van der Waals surface area contributed by atoms with E-state index in [2.05, 4.69) is 17.1 Å². The van der Waals surface area contributed by atoms with Crippen molar-refractivity contribution in [3.63, 3.8) is 0 Å². The average molecular weight is 351 g/mol. The topological polar surface area (TPSA) is 35.6 Å². The van der Waals surface area contributed by atoms with Crippen LogP contribution in [0.3, 0.4) is 0 Å². The summed E-state index contributed by atoms with van der Waals surface area (Å²) in [6.45, 7) is 7.72. The van der Waals surface area contributed by atoms with Gasteiger partial charge >= 0.3 is 0 Å². The summed E-state index contributed by atoms with van der Waals surface area (Å²) in [4.78, 5) is 16.8. The number of hydrogen-bond acceptors (Lipinski definition) is 3. The smallest absolute Gasteiger partial charge is 0.225 e. The molecule has 0 bridgehead atoms. The van der Waals surface area contributed by atoms with E-state index in [0.29, 0.717) is 37.8 Å². The number of carbonyl (C=O) groups excluding carboxylic acids is 1. The van der Waals surface area contributed by atoms with E-state index in [1.165, 1.54) is 12.1 Å². The first kappa shape index (κ1) is 18.3. The molecule has 3 rings (SSSR count). The summed E-state index contributed by atoms with van der Waals surface area (Å²) < 4.78 is 27.1. The Morgan fingerprint density at radius 2 is 1.96 bits per heavy atom. The maximum absolute atomic E-state index is 14.0. The van der Waals surface area contributed by atoms with Crippen LogP contribution in [-0.2, 0) is 4.79 Å². The molecule has 138 valence electrons. The van der Waals surface area contributed by atoms with Gasteiger partial charge in [-0.2, -0.15) is 0 Å². The largest absolute Gasteiger partial charge is 0.340 e. The van der Waals surface area contributed by atoms with Gasteiger partial charge in [0.2, 0.25) is 5.91 Å². The van der Waals surface area contributed by atoms with Gasteiger partial charge < -0.3 is 10.2 Å². The van der Waals surface area contributed by atoms with Gasteiger partial charge in [-0.25, -0.2) is 8.78 Å². The summed E-state index contributed by atoms with van der Waals surface area (Å²) in [6, 6.07) is 4.02. The first-order valence-corrected chi connectivity index (χ1v) is 9.17. The number of rotatable bonds is 3. The van der Waals surface area contributed by atoms with Gasteiger partial charge in [-0.1, -0.05) is 6.07 Å². The summed E-state index contributed by atoms with van der Waals surface area (Å²) in [5, 5.41) is 3.38. The average Bonchev–Trinajstić information content (AvgIpc) is 2.61. The summed E-state index contributed by atoms with van der Waals surface area (Å²) in [7, 11) is 0. The van der Waals surface area contributed by atoms with Crippen LogP contribution in [0.5, 0.6) is 0 Å². The van der Waals surface area contributed by atoms with Gasteiger partial charge in [0, 0.05) is 55.8 Å². The molecule has 0 aliphatic carbocycles. The molecule has 1 unspecified atom stereocenters. The number of nitrogens with zero attached hydrogens (tertiary/aromatic N) is 2. The van der Waals surface area contributed by atoms with Crippen molar-refractivity contribution in [3.05, 3.63) is 35.4 Å². The molecule has 2 aliphatic heterocycles. The summed E-state index contributed by atoms with van der Waals surface area (Å²) in [5.74, 6) is -0.682. The van der Waals surface area contributed by atoms with Crippen LogP contribution in [0.25, 0.3) is 0 Å². The van der Waals surface area contributed by atoms with Crippen LogP contribution in [-0.4, -0.2) is 54.5 Å². The third-order valence-corrected chi connectivity index (χ3v) is 5.56. The second-order valence-electron chi connectivity index (χ2n) is 7.28. The Hall–Kier alpha value is -1.53. The number of piperidine rings is 1. The minimum absolute atomic E-state index is 0.120. The van der Waals surface area contributed by atoms with Crippen LogP contribution in [0.2, 0.25) is 0 Å². The Kier molecular flexibility index (Phi) is 5.69. The highest BCUT2D eigenvalue weighted by Gasteiger charge is 2.31. The van der Waals surface area contributed by atoms with E-state index in [1.54, 1.807) is 0 Å². The Labute approximate surface area is 148 Å². The van der Waals surface area contributed by atoms with E-state index in [0.717, 1.165) is 25.5 Å². The predicted molar refractivity (Wildman–Crippen MR) is 93.1 cm³/mol. The minimum Gasteiger partial charge on any atom is -0.340 e. The zero-order valence-electron chi connectivity index (χ0n) is 15.0. The first-order chi connectivity index (χ1) is 12.0. The lowest BCUT2D eigenvalue weighted by Gasteiger charge is -2.40. The Morgan fingerprint density at radius 1 is 1.24 bits per heavy atom. The molecule has 25 heavy (non-hydrogen) atoms. The molecule has 0 aromatic heterocycles. The van der Waals surface area contributed by atoms with E-state index in [1.807, 2.05) is 11.8 Å². The van der Waals surface area contributed by atoms with Gasteiger partial charge in [-0.3, -0.25) is 9.69 Å². The van der Waals surface area contributed by atoms with E-state index < -0.39 is 11.6 Å². The van der Waals surface area contributed by atoms with E-state index in [9.17, 15) is 13.6 Å². The molecule has 6 heteroatoms. The quantitative estimate of drug-likeness (QED) is 0.909. The van der Waals surface area contributed by atoms with Crippen molar-refractivity contribution < 1.29 is 13.6 Å². The molecule has 0 radical (unpaired) electrons. The van der Waals surface area contributed by atoms with Crippen LogP contribution in [0.15, 0.2) is 18.2 Å². The van der Waals surface area contributed by atoms with Crippen LogP contribution < -0.4 is 5.32 Å². The molecule has 2 fully saturated rings. The molecule has 1 aromatic rings. The molecule has 1 N–H and O–H groups in total. The van der Waals surface area contributed by atoms with Gasteiger partial charge in [-0.05, 0) is 39.3 Å². The molecular formula is C19H27F2N3O. The van der Waals surface area contributed by atoms with Crippen molar-refractivity contribution in [2.45, 2.75) is 38.8 Å². The van der Waals surface area contributed by atoms with Crippen LogP contribution in [0.1, 0.15) is 38.3 Å². The zero-order chi connectivity index (χ0) is 18.0.